The zero-order chi connectivity index (χ0) is 13.7. The Morgan fingerprint density at radius 2 is 2.16 bits per heavy atom. The van der Waals surface area contributed by atoms with E-state index in [1.165, 1.54) is 6.33 Å². The molecule has 2 unspecified atom stereocenters. The number of carbonyl (C=O) groups is 1. The molecule has 0 aliphatic heterocycles. The van der Waals surface area contributed by atoms with Gasteiger partial charge in [-0.1, -0.05) is 18.2 Å². The van der Waals surface area contributed by atoms with Gasteiger partial charge in [0.05, 0.1) is 17.3 Å². The highest BCUT2D eigenvalue weighted by atomic mass is 32.2. The van der Waals surface area contributed by atoms with Crippen LogP contribution in [-0.2, 0) is 22.2 Å². The van der Waals surface area contributed by atoms with Crippen LogP contribution in [0.25, 0.3) is 0 Å². The van der Waals surface area contributed by atoms with Crippen molar-refractivity contribution in [3.05, 3.63) is 48.5 Å². The van der Waals surface area contributed by atoms with Gasteiger partial charge in [0, 0.05) is 18.3 Å². The maximum absolute atomic E-state index is 11.9. The summed E-state index contributed by atoms with van der Waals surface area (Å²) in [5.41, 5.74) is 6.50. The second kappa shape index (κ2) is 6.26. The van der Waals surface area contributed by atoms with Crippen LogP contribution in [0.5, 0.6) is 0 Å². The summed E-state index contributed by atoms with van der Waals surface area (Å²) in [6.07, 6.45) is 3.43. The molecule has 0 radical (unpaired) electrons. The van der Waals surface area contributed by atoms with Crippen molar-refractivity contribution >= 4 is 16.9 Å². The summed E-state index contributed by atoms with van der Waals surface area (Å²) in [5, 5.41) is 0. The van der Waals surface area contributed by atoms with Gasteiger partial charge in [-0.05, 0) is 12.1 Å². The van der Waals surface area contributed by atoms with Crippen molar-refractivity contribution in [1.29, 1.82) is 0 Å². The van der Waals surface area contributed by atoms with Crippen LogP contribution >= 0.6 is 0 Å². The van der Waals surface area contributed by atoms with E-state index in [4.69, 9.17) is 5.73 Å². The van der Waals surface area contributed by atoms with Crippen LogP contribution in [0.1, 0.15) is 5.69 Å². The van der Waals surface area contributed by atoms with E-state index in [0.717, 1.165) is 5.69 Å². The Labute approximate surface area is 113 Å². The van der Waals surface area contributed by atoms with Crippen molar-refractivity contribution < 1.29 is 9.00 Å². The van der Waals surface area contributed by atoms with E-state index in [9.17, 15) is 9.00 Å². The molecule has 100 valence electrons. The number of nitrogens with two attached hydrogens (primary N) is 1. The predicted octanol–water partition coefficient (Wildman–Crippen LogP) is 0.118. The third kappa shape index (κ3) is 3.73. The minimum Gasteiger partial charge on any atom is -0.348 e. The van der Waals surface area contributed by atoms with E-state index in [2.05, 4.69) is 14.7 Å². The summed E-state index contributed by atoms with van der Waals surface area (Å²) in [6.45, 7) is 0. The van der Waals surface area contributed by atoms with Crippen molar-refractivity contribution in [3.63, 3.8) is 0 Å². The molecule has 1 amide bonds. The number of carbonyl (C=O) groups excluding carboxylic acids is 1. The SMILES string of the molecule is NC(Cc1cnc[nH]1)C(=O)NS(=O)c1ccccc1. The molecule has 7 heteroatoms. The summed E-state index contributed by atoms with van der Waals surface area (Å²) in [7, 11) is -1.59. The number of hydrogen-bond acceptors (Lipinski definition) is 4. The molecule has 6 nitrogen and oxygen atoms in total. The maximum Gasteiger partial charge on any atom is 0.249 e. The minimum absolute atomic E-state index is 0.317. The van der Waals surface area contributed by atoms with Crippen molar-refractivity contribution in [2.24, 2.45) is 5.73 Å². The molecule has 0 bridgehead atoms. The van der Waals surface area contributed by atoms with E-state index in [-0.39, 0.29) is 0 Å². The Kier molecular flexibility index (Phi) is 4.43. The van der Waals surface area contributed by atoms with Gasteiger partial charge in [0.2, 0.25) is 5.91 Å². The van der Waals surface area contributed by atoms with Crippen molar-refractivity contribution in [2.75, 3.05) is 0 Å². The summed E-state index contributed by atoms with van der Waals surface area (Å²) < 4.78 is 14.2. The van der Waals surface area contributed by atoms with Gasteiger partial charge in [0.15, 0.2) is 11.0 Å². The van der Waals surface area contributed by atoms with Gasteiger partial charge < -0.3 is 10.7 Å². The van der Waals surface area contributed by atoms with Crippen LogP contribution < -0.4 is 10.5 Å². The number of aromatic amines is 1. The first-order valence-electron chi connectivity index (χ1n) is 5.67. The first-order chi connectivity index (χ1) is 9.16. The summed E-state index contributed by atoms with van der Waals surface area (Å²) >= 11 is 0. The third-order valence-electron chi connectivity index (χ3n) is 2.48. The van der Waals surface area contributed by atoms with Gasteiger partial charge >= 0.3 is 0 Å². The Morgan fingerprint density at radius 1 is 1.42 bits per heavy atom. The highest BCUT2D eigenvalue weighted by Gasteiger charge is 2.17. The Morgan fingerprint density at radius 3 is 2.79 bits per heavy atom. The van der Waals surface area contributed by atoms with Crippen LogP contribution in [0.3, 0.4) is 0 Å². The molecule has 0 saturated carbocycles. The number of benzene rings is 1. The van der Waals surface area contributed by atoms with Gasteiger partial charge in [0.1, 0.15) is 0 Å². The Bertz CT molecular complexity index is 556. The summed E-state index contributed by atoms with van der Waals surface area (Å²) in [5.74, 6) is -0.461. The lowest BCUT2D eigenvalue weighted by Crippen LogP contribution is -2.42. The van der Waals surface area contributed by atoms with Crippen LogP contribution in [0.2, 0.25) is 0 Å². The zero-order valence-electron chi connectivity index (χ0n) is 10.1. The molecular weight excluding hydrogens is 264 g/mol. The van der Waals surface area contributed by atoms with Gasteiger partial charge in [-0.25, -0.2) is 9.19 Å². The standard InChI is InChI=1S/C12H14N4O2S/c13-11(6-9-7-14-8-15-9)12(17)16-19(18)10-4-2-1-3-5-10/h1-5,7-8,11H,6,13H2,(H,14,15)(H,16,17). The molecule has 0 fully saturated rings. The van der Waals surface area contributed by atoms with E-state index >= 15 is 0 Å². The molecule has 0 aliphatic rings. The average Bonchev–Trinajstić information content (AvgIpc) is 2.92. The van der Waals surface area contributed by atoms with Crippen molar-refractivity contribution in [2.45, 2.75) is 17.4 Å². The second-order valence-corrected chi connectivity index (χ2v) is 5.15. The average molecular weight is 278 g/mol. The van der Waals surface area contributed by atoms with Crippen LogP contribution in [0.15, 0.2) is 47.8 Å². The molecular formula is C12H14N4O2S. The molecule has 0 aliphatic carbocycles. The molecule has 1 aromatic carbocycles. The van der Waals surface area contributed by atoms with Gasteiger partial charge in [-0.2, -0.15) is 0 Å². The zero-order valence-corrected chi connectivity index (χ0v) is 10.9. The van der Waals surface area contributed by atoms with Crippen molar-refractivity contribution in [1.82, 2.24) is 14.7 Å². The van der Waals surface area contributed by atoms with E-state index in [0.29, 0.717) is 11.3 Å². The molecule has 2 aromatic rings. The number of aromatic nitrogens is 2. The third-order valence-corrected chi connectivity index (χ3v) is 3.57. The van der Waals surface area contributed by atoms with Crippen LogP contribution in [0.4, 0.5) is 0 Å². The summed E-state index contributed by atoms with van der Waals surface area (Å²) in [4.78, 5) is 19.0. The molecule has 2 rings (SSSR count). The first-order valence-corrected chi connectivity index (χ1v) is 6.82. The van der Waals surface area contributed by atoms with E-state index < -0.39 is 22.9 Å². The maximum atomic E-state index is 11.9. The number of hydrogen-bond donors (Lipinski definition) is 3. The molecule has 1 heterocycles. The Hall–Kier alpha value is -1.99. The van der Waals surface area contributed by atoms with E-state index in [1.54, 1.807) is 30.5 Å². The van der Waals surface area contributed by atoms with Crippen LogP contribution in [0, 0.1) is 0 Å². The minimum atomic E-state index is -1.59. The normalized spacial score (nSPS) is 13.7. The smallest absolute Gasteiger partial charge is 0.249 e. The summed E-state index contributed by atoms with van der Waals surface area (Å²) in [6, 6.07) is 7.90. The first kappa shape index (κ1) is 13.4. The van der Waals surface area contributed by atoms with Crippen LogP contribution in [-0.4, -0.2) is 26.1 Å². The molecule has 0 saturated heterocycles. The fraction of sp³-hybridized carbons (Fsp3) is 0.167. The predicted molar refractivity (Wildman–Crippen MR) is 71.3 cm³/mol. The van der Waals surface area contributed by atoms with Gasteiger partial charge in [-0.15, -0.1) is 0 Å². The number of rotatable bonds is 5. The fourth-order valence-corrected chi connectivity index (χ4v) is 2.35. The fourth-order valence-electron chi connectivity index (χ4n) is 1.50. The number of imidazole rings is 1. The number of nitrogens with one attached hydrogen (secondary N) is 2. The topological polar surface area (TPSA) is 101 Å². The molecule has 19 heavy (non-hydrogen) atoms. The number of H-pyrrole nitrogens is 1. The number of nitrogens with zero attached hydrogens (tertiary/aromatic N) is 1. The lowest BCUT2D eigenvalue weighted by Gasteiger charge is -2.10. The van der Waals surface area contributed by atoms with Gasteiger partial charge in [-0.3, -0.25) is 9.52 Å². The molecule has 0 spiro atoms. The van der Waals surface area contributed by atoms with E-state index in [1.807, 2.05) is 6.07 Å². The lowest BCUT2D eigenvalue weighted by molar-refractivity contribution is -0.120. The van der Waals surface area contributed by atoms with Crippen molar-refractivity contribution in [3.8, 4) is 0 Å². The Balaban J connectivity index is 1.92. The monoisotopic (exact) mass is 278 g/mol. The quantitative estimate of drug-likeness (QED) is 0.723. The molecule has 1 aromatic heterocycles. The second-order valence-electron chi connectivity index (χ2n) is 3.94. The highest BCUT2D eigenvalue weighted by molar-refractivity contribution is 7.83. The largest absolute Gasteiger partial charge is 0.348 e. The lowest BCUT2D eigenvalue weighted by atomic mass is 10.2. The molecule has 2 atom stereocenters. The number of amides is 1. The highest BCUT2D eigenvalue weighted by Crippen LogP contribution is 2.03. The molecule has 4 N–H and O–H groups in total. The van der Waals surface area contributed by atoms with Gasteiger partial charge in [0.25, 0.3) is 0 Å².